The number of aromatic nitrogens is 2. The van der Waals surface area contributed by atoms with Gasteiger partial charge in [0.05, 0.1) is 6.20 Å². The summed E-state index contributed by atoms with van der Waals surface area (Å²) >= 11 is 0. The van der Waals surface area contributed by atoms with Crippen molar-refractivity contribution in [2.24, 2.45) is 0 Å². The number of halogens is 1. The molecule has 0 aliphatic rings. The van der Waals surface area contributed by atoms with Crippen LogP contribution in [-0.4, -0.2) is 21.8 Å². The summed E-state index contributed by atoms with van der Waals surface area (Å²) in [6, 6.07) is 17.5. The summed E-state index contributed by atoms with van der Waals surface area (Å²) in [5, 5.41) is 2.84. The van der Waals surface area contributed by atoms with Crippen molar-refractivity contribution in [1.82, 2.24) is 9.97 Å². The molecule has 1 atom stereocenters. The van der Waals surface area contributed by atoms with Gasteiger partial charge in [-0.15, -0.1) is 0 Å². The largest absolute Gasteiger partial charge is 0.324 e. The molecule has 0 aliphatic carbocycles. The molecule has 1 aromatic heterocycles. The number of nitrogens with zero attached hydrogens (tertiary/aromatic N) is 3. The highest BCUT2D eigenvalue weighted by molar-refractivity contribution is 6.11. The van der Waals surface area contributed by atoms with Crippen LogP contribution in [0.2, 0.25) is 0 Å². The predicted octanol–water partition coefficient (Wildman–Crippen LogP) is 5.57. The molecule has 1 heterocycles. The number of carbonyl (C=O) groups is 2. The second kappa shape index (κ2) is 10.3. The lowest BCUT2D eigenvalue weighted by molar-refractivity contribution is -0.117. The predicted molar refractivity (Wildman–Crippen MR) is 134 cm³/mol. The molecule has 35 heavy (non-hydrogen) atoms. The highest BCUT2D eigenvalue weighted by Crippen LogP contribution is 2.33. The van der Waals surface area contributed by atoms with Crippen LogP contribution in [0.15, 0.2) is 85.3 Å². The lowest BCUT2D eigenvalue weighted by atomic mass is 9.97. The zero-order chi connectivity index (χ0) is 24.9. The topological polar surface area (TPSA) is 75.2 Å². The summed E-state index contributed by atoms with van der Waals surface area (Å²) in [5.74, 6) is -1.32. The van der Waals surface area contributed by atoms with E-state index >= 15 is 0 Å². The van der Waals surface area contributed by atoms with Crippen LogP contribution in [-0.2, 0) is 4.79 Å². The van der Waals surface area contributed by atoms with Gasteiger partial charge in [0.1, 0.15) is 17.6 Å². The molecule has 0 unspecified atom stereocenters. The Labute approximate surface area is 203 Å². The molecule has 176 valence electrons. The van der Waals surface area contributed by atoms with E-state index in [-0.39, 0.29) is 5.69 Å². The number of anilines is 2. The van der Waals surface area contributed by atoms with Crippen molar-refractivity contribution in [3.05, 3.63) is 119 Å². The molecule has 4 aromatic rings. The van der Waals surface area contributed by atoms with Crippen molar-refractivity contribution < 1.29 is 14.0 Å². The molecule has 0 aliphatic heterocycles. The Morgan fingerprint density at radius 2 is 1.63 bits per heavy atom. The Morgan fingerprint density at radius 1 is 0.886 bits per heavy atom. The first kappa shape index (κ1) is 23.8. The minimum atomic E-state index is -1.03. The summed E-state index contributed by atoms with van der Waals surface area (Å²) in [6.45, 7) is 5.82. The van der Waals surface area contributed by atoms with Gasteiger partial charge < -0.3 is 5.32 Å². The molecule has 2 amide bonds. The molecule has 0 saturated carbocycles. The van der Waals surface area contributed by atoms with Crippen LogP contribution < -0.4 is 10.2 Å². The second-order valence-corrected chi connectivity index (χ2v) is 8.29. The Morgan fingerprint density at radius 3 is 2.29 bits per heavy atom. The van der Waals surface area contributed by atoms with Gasteiger partial charge in [0.15, 0.2) is 0 Å². The van der Waals surface area contributed by atoms with Crippen LogP contribution >= 0.6 is 0 Å². The standard InChI is InChI=1S/C28H25FN4O2/c1-18-8-13-23(16-20(18)3)33(28(35)25-17-30-14-15-31-25)26(24-7-5-4-6-19(24)2)27(34)32-22-11-9-21(29)10-12-22/h4-17,26H,1-3H3,(H,32,34)/t26-/m1/s1. The van der Waals surface area contributed by atoms with Crippen molar-refractivity contribution in [3.63, 3.8) is 0 Å². The molecule has 6 nitrogen and oxygen atoms in total. The average Bonchev–Trinajstić information content (AvgIpc) is 2.86. The number of rotatable bonds is 6. The van der Waals surface area contributed by atoms with E-state index in [9.17, 15) is 14.0 Å². The normalized spacial score (nSPS) is 11.5. The molecule has 7 heteroatoms. The Hall–Kier alpha value is -4.39. The zero-order valence-electron chi connectivity index (χ0n) is 19.7. The maximum Gasteiger partial charge on any atom is 0.279 e. The molecule has 3 aromatic carbocycles. The minimum Gasteiger partial charge on any atom is -0.324 e. The molecule has 0 saturated heterocycles. The summed E-state index contributed by atoms with van der Waals surface area (Å²) in [4.78, 5) is 37.4. The monoisotopic (exact) mass is 468 g/mol. The van der Waals surface area contributed by atoms with Crippen molar-refractivity contribution in [2.45, 2.75) is 26.8 Å². The van der Waals surface area contributed by atoms with E-state index in [4.69, 9.17) is 0 Å². The number of carbonyl (C=O) groups excluding carboxylic acids is 2. The van der Waals surface area contributed by atoms with E-state index < -0.39 is 23.7 Å². The van der Waals surface area contributed by atoms with Crippen LogP contribution in [0.5, 0.6) is 0 Å². The van der Waals surface area contributed by atoms with Gasteiger partial charge in [-0.3, -0.25) is 19.5 Å². The maximum absolute atomic E-state index is 13.9. The quantitative estimate of drug-likeness (QED) is 0.402. The Bertz CT molecular complexity index is 1360. The number of amides is 2. The third-order valence-electron chi connectivity index (χ3n) is 5.87. The van der Waals surface area contributed by atoms with Crippen molar-refractivity contribution >= 4 is 23.2 Å². The van der Waals surface area contributed by atoms with Crippen molar-refractivity contribution in [3.8, 4) is 0 Å². The van der Waals surface area contributed by atoms with Gasteiger partial charge in [-0.1, -0.05) is 30.3 Å². The Balaban J connectivity index is 1.88. The van der Waals surface area contributed by atoms with E-state index in [1.165, 1.54) is 47.8 Å². The number of hydrogen-bond acceptors (Lipinski definition) is 4. The number of benzene rings is 3. The van der Waals surface area contributed by atoms with Gasteiger partial charge in [-0.05, 0) is 79.4 Å². The lowest BCUT2D eigenvalue weighted by Crippen LogP contribution is -2.42. The molecule has 0 fully saturated rings. The third-order valence-corrected chi connectivity index (χ3v) is 5.87. The van der Waals surface area contributed by atoms with Crippen molar-refractivity contribution in [2.75, 3.05) is 10.2 Å². The summed E-state index contributed by atoms with van der Waals surface area (Å²) < 4.78 is 13.4. The van der Waals surface area contributed by atoms with E-state index in [0.29, 0.717) is 16.9 Å². The van der Waals surface area contributed by atoms with Crippen molar-refractivity contribution in [1.29, 1.82) is 0 Å². The SMILES string of the molecule is Cc1ccc(N(C(=O)c2cnccn2)[C@@H](C(=O)Nc2ccc(F)cc2)c2ccccc2C)cc1C. The van der Waals surface area contributed by atoms with Crippen LogP contribution in [0, 0.1) is 26.6 Å². The molecule has 4 rings (SSSR count). The fourth-order valence-corrected chi connectivity index (χ4v) is 3.83. The van der Waals surface area contributed by atoms with Crippen LogP contribution in [0.4, 0.5) is 15.8 Å². The first-order valence-corrected chi connectivity index (χ1v) is 11.1. The van der Waals surface area contributed by atoms with Crippen LogP contribution in [0.3, 0.4) is 0 Å². The lowest BCUT2D eigenvalue weighted by Gasteiger charge is -2.32. The molecule has 0 spiro atoms. The summed E-state index contributed by atoms with van der Waals surface area (Å²) in [6.07, 6.45) is 4.30. The molecule has 0 radical (unpaired) electrons. The Kier molecular flexibility index (Phi) is 6.96. The highest BCUT2D eigenvalue weighted by Gasteiger charge is 2.35. The van der Waals surface area contributed by atoms with E-state index in [2.05, 4.69) is 15.3 Å². The van der Waals surface area contributed by atoms with Gasteiger partial charge in [0.25, 0.3) is 11.8 Å². The maximum atomic E-state index is 13.9. The zero-order valence-corrected chi connectivity index (χ0v) is 19.7. The number of hydrogen-bond donors (Lipinski definition) is 1. The summed E-state index contributed by atoms with van der Waals surface area (Å²) in [7, 11) is 0. The fourth-order valence-electron chi connectivity index (χ4n) is 3.83. The third kappa shape index (κ3) is 5.24. The molecular formula is C28H25FN4O2. The van der Waals surface area contributed by atoms with Crippen LogP contribution in [0.25, 0.3) is 0 Å². The molecular weight excluding hydrogens is 443 g/mol. The first-order chi connectivity index (χ1) is 16.8. The van der Waals surface area contributed by atoms with Gasteiger partial charge >= 0.3 is 0 Å². The second-order valence-electron chi connectivity index (χ2n) is 8.29. The minimum absolute atomic E-state index is 0.110. The van der Waals surface area contributed by atoms with E-state index in [1.54, 1.807) is 0 Å². The number of nitrogens with one attached hydrogen (secondary N) is 1. The highest BCUT2D eigenvalue weighted by atomic mass is 19.1. The summed E-state index contributed by atoms with van der Waals surface area (Å²) in [5.41, 5.74) is 4.60. The van der Waals surface area contributed by atoms with Crippen LogP contribution in [0.1, 0.15) is 38.8 Å². The first-order valence-electron chi connectivity index (χ1n) is 11.1. The molecule has 0 bridgehead atoms. The van der Waals surface area contributed by atoms with Gasteiger partial charge in [0.2, 0.25) is 0 Å². The smallest absolute Gasteiger partial charge is 0.279 e. The average molecular weight is 469 g/mol. The number of aryl methyl sites for hydroxylation is 3. The van der Waals surface area contributed by atoms with Gasteiger partial charge in [0, 0.05) is 23.8 Å². The van der Waals surface area contributed by atoms with Gasteiger partial charge in [-0.25, -0.2) is 9.37 Å². The fraction of sp³-hybridized carbons (Fsp3) is 0.143. The van der Waals surface area contributed by atoms with Gasteiger partial charge in [-0.2, -0.15) is 0 Å². The van der Waals surface area contributed by atoms with E-state index in [0.717, 1.165) is 16.7 Å². The molecule has 1 N–H and O–H groups in total. The van der Waals surface area contributed by atoms with E-state index in [1.807, 2.05) is 63.2 Å².